The topological polar surface area (TPSA) is 86.2 Å². The van der Waals surface area contributed by atoms with Crippen LogP contribution in [0.3, 0.4) is 0 Å². The Morgan fingerprint density at radius 1 is 0.654 bits per heavy atom. The summed E-state index contributed by atoms with van der Waals surface area (Å²) >= 11 is 12.4. The molecule has 5 aromatic rings. The van der Waals surface area contributed by atoms with E-state index >= 15 is 0 Å². The molecule has 0 saturated heterocycles. The van der Waals surface area contributed by atoms with Gasteiger partial charge in [0, 0.05) is 0 Å². The van der Waals surface area contributed by atoms with Gasteiger partial charge in [0.2, 0.25) is 10.6 Å². The molecule has 0 atom stereocenters. The van der Waals surface area contributed by atoms with Gasteiger partial charge < -0.3 is 0 Å². The maximum atomic E-state index is 6.22. The molecule has 5 aromatic heterocycles. The molecule has 0 unspecified atom stereocenters. The van der Waals surface area contributed by atoms with Crippen LogP contribution in [0.5, 0.6) is 0 Å². The van der Waals surface area contributed by atoms with Crippen LogP contribution in [0.25, 0.3) is 33.4 Å². The second-order valence-corrected chi connectivity index (χ2v) is 7.61. The summed E-state index contributed by atoms with van der Waals surface area (Å²) in [5, 5.41) is 9.80. The largest absolute Gasteiger partial charge is 0.225 e. The van der Waals surface area contributed by atoms with Crippen LogP contribution in [0.1, 0.15) is 50.9 Å². The van der Waals surface area contributed by atoms with Crippen molar-refractivity contribution in [2.24, 2.45) is 0 Å². The van der Waals surface area contributed by atoms with E-state index in [1.807, 2.05) is 0 Å². The van der Waals surface area contributed by atoms with E-state index in [2.05, 4.69) is 47.6 Å². The Bertz CT molecular complexity index is 1210. The maximum Gasteiger partial charge on any atom is 0.225 e. The van der Waals surface area contributed by atoms with E-state index in [9.17, 15) is 0 Å². The molecule has 5 rings (SSSR count). The molecule has 0 aromatic carbocycles. The molecule has 10 heteroatoms. The highest BCUT2D eigenvalue weighted by atomic mass is 35.5. The van der Waals surface area contributed by atoms with Crippen molar-refractivity contribution in [3.05, 3.63) is 22.0 Å². The van der Waals surface area contributed by atoms with Crippen LogP contribution >= 0.6 is 23.2 Å². The highest BCUT2D eigenvalue weighted by Gasteiger charge is 2.26. The summed E-state index contributed by atoms with van der Waals surface area (Å²) in [6, 6.07) is 0. The van der Waals surface area contributed by atoms with E-state index < -0.39 is 0 Å². The van der Waals surface area contributed by atoms with E-state index in [-0.39, 0.29) is 22.4 Å². The van der Waals surface area contributed by atoms with E-state index in [1.54, 1.807) is 9.03 Å². The molecule has 132 valence electrons. The molecule has 0 N–H and O–H groups in total. The van der Waals surface area contributed by atoms with Crippen LogP contribution in [0.15, 0.2) is 0 Å². The molecule has 0 aliphatic carbocycles. The minimum atomic E-state index is 0.155. The van der Waals surface area contributed by atoms with Gasteiger partial charge in [-0.1, -0.05) is 27.7 Å². The first kappa shape index (κ1) is 15.9. The second-order valence-electron chi connectivity index (χ2n) is 6.93. The van der Waals surface area contributed by atoms with Crippen LogP contribution < -0.4 is 0 Å². The average Bonchev–Trinajstić information content (AvgIpc) is 3.12. The lowest BCUT2D eigenvalue weighted by Gasteiger charge is -2.05. The van der Waals surface area contributed by atoms with E-state index in [4.69, 9.17) is 33.4 Å². The van der Waals surface area contributed by atoms with Crippen molar-refractivity contribution in [1.29, 1.82) is 0 Å². The standard InChI is InChI=1S/C16H14Cl2N8/c1-5(2)7-9-11-13(21-15(17)19-9)26-12-10(8(24-26)6(3)4)20-16(18)22-14(12)25(11)23-7/h5-6H,1-4H3. The molecular weight excluding hydrogens is 375 g/mol. The number of aromatic nitrogens is 8. The zero-order chi connectivity index (χ0) is 18.3. The monoisotopic (exact) mass is 388 g/mol. The molecule has 0 fully saturated rings. The minimum Gasteiger partial charge on any atom is -0.214 e. The van der Waals surface area contributed by atoms with Gasteiger partial charge in [-0.15, -0.1) is 0 Å². The fraction of sp³-hybridized carbons (Fsp3) is 0.375. The molecule has 0 radical (unpaired) electrons. The first-order valence-electron chi connectivity index (χ1n) is 8.30. The number of fused-ring (bicyclic) bond motifs is 2. The highest BCUT2D eigenvalue weighted by Crippen LogP contribution is 2.34. The number of halogens is 2. The fourth-order valence-electron chi connectivity index (χ4n) is 3.37. The zero-order valence-electron chi connectivity index (χ0n) is 14.5. The Labute approximate surface area is 157 Å². The smallest absolute Gasteiger partial charge is 0.214 e. The minimum absolute atomic E-state index is 0.155. The number of nitrogens with zero attached hydrogens (tertiary/aromatic N) is 8. The summed E-state index contributed by atoms with van der Waals surface area (Å²) in [5.41, 5.74) is 5.64. The summed E-state index contributed by atoms with van der Waals surface area (Å²) < 4.78 is 3.47. The van der Waals surface area contributed by atoms with Gasteiger partial charge in [0.05, 0.1) is 11.4 Å². The van der Waals surface area contributed by atoms with E-state index in [1.165, 1.54) is 0 Å². The van der Waals surface area contributed by atoms with Crippen LogP contribution in [0.2, 0.25) is 10.6 Å². The molecule has 0 aliphatic rings. The molecule has 0 amide bonds. The summed E-state index contributed by atoms with van der Waals surface area (Å²) in [6.07, 6.45) is 0. The van der Waals surface area contributed by atoms with Gasteiger partial charge in [-0.25, -0.2) is 19.0 Å². The quantitative estimate of drug-likeness (QED) is 0.337. The predicted octanol–water partition coefficient (Wildman–Crippen LogP) is 3.86. The number of hydrogen-bond donors (Lipinski definition) is 0. The van der Waals surface area contributed by atoms with Crippen molar-refractivity contribution in [3.63, 3.8) is 0 Å². The highest BCUT2D eigenvalue weighted by molar-refractivity contribution is 6.29. The second kappa shape index (κ2) is 5.11. The summed E-state index contributed by atoms with van der Waals surface area (Å²) in [4.78, 5) is 17.7. The normalized spacial score (nSPS) is 12.9. The summed E-state index contributed by atoms with van der Waals surface area (Å²) in [7, 11) is 0. The van der Waals surface area contributed by atoms with Crippen LogP contribution in [-0.2, 0) is 0 Å². The van der Waals surface area contributed by atoms with Gasteiger partial charge in [0.25, 0.3) is 0 Å². The number of rotatable bonds is 2. The first-order chi connectivity index (χ1) is 12.4. The number of hydrogen-bond acceptors (Lipinski definition) is 6. The van der Waals surface area contributed by atoms with Crippen molar-refractivity contribution in [2.45, 2.75) is 39.5 Å². The molecule has 0 bridgehead atoms. The zero-order valence-corrected chi connectivity index (χ0v) is 16.0. The van der Waals surface area contributed by atoms with Crippen molar-refractivity contribution in [2.75, 3.05) is 0 Å². The molecule has 5 heterocycles. The van der Waals surface area contributed by atoms with E-state index in [0.29, 0.717) is 22.3 Å². The van der Waals surface area contributed by atoms with Crippen molar-refractivity contribution in [1.82, 2.24) is 39.2 Å². The molecule has 0 aliphatic heterocycles. The lowest BCUT2D eigenvalue weighted by Crippen LogP contribution is -2.04. The lowest BCUT2D eigenvalue weighted by molar-refractivity contribution is 0.790. The Morgan fingerprint density at radius 3 is 1.38 bits per heavy atom. The Kier molecular flexibility index (Phi) is 3.12. The van der Waals surface area contributed by atoms with Gasteiger partial charge in [-0.05, 0) is 35.0 Å². The van der Waals surface area contributed by atoms with Crippen molar-refractivity contribution < 1.29 is 0 Å². The van der Waals surface area contributed by atoms with Gasteiger partial charge >= 0.3 is 0 Å². The van der Waals surface area contributed by atoms with Gasteiger partial charge in [0.1, 0.15) is 22.1 Å². The van der Waals surface area contributed by atoms with E-state index in [0.717, 1.165) is 22.4 Å². The SMILES string of the molecule is CC(C)c1nn2c3nc(Cl)nc4c(C(C)C)nn(c5nc(Cl)nc1c52)c43. The Morgan fingerprint density at radius 2 is 1.04 bits per heavy atom. The Balaban J connectivity index is 2.15. The predicted molar refractivity (Wildman–Crippen MR) is 99.5 cm³/mol. The lowest BCUT2D eigenvalue weighted by atomic mass is 10.1. The average molecular weight is 389 g/mol. The molecular formula is C16H14Cl2N8. The van der Waals surface area contributed by atoms with Crippen molar-refractivity contribution >= 4 is 56.6 Å². The van der Waals surface area contributed by atoms with Gasteiger partial charge in [0.15, 0.2) is 11.3 Å². The van der Waals surface area contributed by atoms with Crippen LogP contribution in [0.4, 0.5) is 0 Å². The first-order valence-corrected chi connectivity index (χ1v) is 9.05. The molecule has 0 spiro atoms. The van der Waals surface area contributed by atoms with Crippen LogP contribution in [-0.4, -0.2) is 39.2 Å². The molecule has 26 heavy (non-hydrogen) atoms. The van der Waals surface area contributed by atoms with Crippen LogP contribution in [0, 0.1) is 0 Å². The third-order valence-electron chi connectivity index (χ3n) is 4.50. The summed E-state index contributed by atoms with van der Waals surface area (Å²) in [6.45, 7) is 8.21. The maximum absolute atomic E-state index is 6.22. The van der Waals surface area contributed by atoms with Crippen molar-refractivity contribution in [3.8, 4) is 0 Å². The van der Waals surface area contributed by atoms with Gasteiger partial charge in [-0.2, -0.15) is 20.2 Å². The summed E-state index contributed by atoms with van der Waals surface area (Å²) in [5.74, 6) is 0.309. The third-order valence-corrected chi connectivity index (χ3v) is 4.83. The molecule has 8 nitrogen and oxygen atoms in total. The van der Waals surface area contributed by atoms with Gasteiger partial charge in [-0.3, -0.25) is 0 Å². The molecule has 0 saturated carbocycles. The fourth-order valence-corrected chi connectivity index (χ4v) is 3.70. The Hall–Kier alpha value is -2.32. The third kappa shape index (κ3) is 1.91.